The SMILES string of the molecule is CC(C)C1NC(=O)C2CCCN2C(=O)C(C2(O)CC2)NC(=O)C(C(C)C)OC(=O)C(C(C)C)N(C)C(=O)C(C(C)C)OC1=O. The van der Waals surface area contributed by atoms with Gasteiger partial charge in [0.15, 0.2) is 12.2 Å². The Bertz CT molecular complexity index is 1130. The summed E-state index contributed by atoms with van der Waals surface area (Å²) in [5.74, 6) is -6.11. The minimum absolute atomic E-state index is 0.213. The van der Waals surface area contributed by atoms with Crippen LogP contribution in [0.1, 0.15) is 81.1 Å². The van der Waals surface area contributed by atoms with E-state index in [0.29, 0.717) is 12.8 Å². The van der Waals surface area contributed by atoms with Crippen LogP contribution in [0.4, 0.5) is 0 Å². The van der Waals surface area contributed by atoms with Gasteiger partial charge in [0.2, 0.25) is 11.8 Å². The zero-order chi connectivity index (χ0) is 33.3. The van der Waals surface area contributed by atoms with E-state index in [9.17, 15) is 33.9 Å². The van der Waals surface area contributed by atoms with Crippen molar-refractivity contribution in [2.75, 3.05) is 13.6 Å². The molecule has 0 bridgehead atoms. The minimum atomic E-state index is -1.51. The molecule has 6 unspecified atom stereocenters. The highest BCUT2D eigenvalue weighted by atomic mass is 16.6. The maximum Gasteiger partial charge on any atom is 0.329 e. The Kier molecular flexibility index (Phi) is 11.1. The van der Waals surface area contributed by atoms with Crippen LogP contribution in [0.5, 0.6) is 0 Å². The van der Waals surface area contributed by atoms with Crippen molar-refractivity contribution < 1.29 is 43.3 Å². The summed E-state index contributed by atoms with van der Waals surface area (Å²) in [6.45, 7) is 13.8. The van der Waals surface area contributed by atoms with Crippen molar-refractivity contribution in [1.29, 1.82) is 0 Å². The first-order chi connectivity index (χ1) is 20.4. The van der Waals surface area contributed by atoms with Crippen LogP contribution in [0.3, 0.4) is 0 Å². The van der Waals surface area contributed by atoms with Crippen molar-refractivity contribution in [2.45, 2.75) is 123 Å². The molecule has 3 N–H and O–H groups in total. The van der Waals surface area contributed by atoms with Crippen LogP contribution in [-0.4, -0.2) is 106 Å². The molecule has 1 saturated carbocycles. The molecule has 44 heavy (non-hydrogen) atoms. The predicted molar refractivity (Wildman–Crippen MR) is 158 cm³/mol. The monoisotopic (exact) mass is 622 g/mol. The molecule has 13 heteroatoms. The summed E-state index contributed by atoms with van der Waals surface area (Å²) >= 11 is 0. The van der Waals surface area contributed by atoms with Crippen LogP contribution in [0.25, 0.3) is 0 Å². The summed E-state index contributed by atoms with van der Waals surface area (Å²) in [5, 5.41) is 16.4. The fourth-order valence-corrected chi connectivity index (χ4v) is 5.86. The number of hydrogen-bond acceptors (Lipinski definition) is 9. The van der Waals surface area contributed by atoms with Crippen LogP contribution in [-0.2, 0) is 38.2 Å². The van der Waals surface area contributed by atoms with Gasteiger partial charge < -0.3 is 35.0 Å². The zero-order valence-electron chi connectivity index (χ0n) is 27.4. The van der Waals surface area contributed by atoms with E-state index in [-0.39, 0.29) is 19.4 Å². The van der Waals surface area contributed by atoms with Crippen molar-refractivity contribution in [3.63, 3.8) is 0 Å². The number of amides is 4. The molecule has 2 saturated heterocycles. The van der Waals surface area contributed by atoms with Crippen LogP contribution < -0.4 is 10.6 Å². The van der Waals surface area contributed by atoms with Gasteiger partial charge in [-0.2, -0.15) is 0 Å². The molecule has 0 aromatic rings. The first-order valence-corrected chi connectivity index (χ1v) is 15.7. The van der Waals surface area contributed by atoms with E-state index in [4.69, 9.17) is 9.47 Å². The number of cyclic esters (lactones) is 2. The third-order valence-electron chi connectivity index (χ3n) is 8.73. The topological polar surface area (TPSA) is 172 Å². The van der Waals surface area contributed by atoms with Crippen LogP contribution in [0, 0.1) is 23.7 Å². The number of rotatable bonds is 5. The first kappa shape index (κ1) is 35.3. The molecule has 3 fully saturated rings. The molecule has 248 valence electrons. The Morgan fingerprint density at radius 1 is 0.750 bits per heavy atom. The van der Waals surface area contributed by atoms with Gasteiger partial charge in [0, 0.05) is 13.6 Å². The lowest BCUT2D eigenvalue weighted by atomic mass is 9.98. The zero-order valence-corrected chi connectivity index (χ0v) is 27.4. The lowest BCUT2D eigenvalue weighted by molar-refractivity contribution is -0.174. The lowest BCUT2D eigenvalue weighted by Crippen LogP contribution is -2.61. The number of fused-ring (bicyclic) bond motifs is 1. The summed E-state index contributed by atoms with van der Waals surface area (Å²) in [4.78, 5) is 84.4. The maximum atomic E-state index is 13.9. The quantitative estimate of drug-likeness (QED) is 0.375. The fourth-order valence-electron chi connectivity index (χ4n) is 5.86. The molecule has 0 aromatic heterocycles. The second kappa shape index (κ2) is 13.8. The van der Waals surface area contributed by atoms with Crippen molar-refractivity contribution in [1.82, 2.24) is 20.4 Å². The predicted octanol–water partition coefficient (Wildman–Crippen LogP) is 0.760. The molecule has 13 nitrogen and oxygen atoms in total. The van der Waals surface area contributed by atoms with Gasteiger partial charge in [-0.15, -0.1) is 0 Å². The van der Waals surface area contributed by atoms with Gasteiger partial charge in [-0.25, -0.2) is 9.59 Å². The minimum Gasteiger partial charge on any atom is -0.450 e. The molecule has 0 radical (unpaired) electrons. The molecule has 6 atom stereocenters. The standard InChI is InChI=1S/C31H50N4O9/c1-15(2)20-29(40)44-23(18(7)8)27(38)34(9)21(16(3)4)30(41)43-22(17(5)6)26(37)33-24(31(42)12-13-31)28(39)35-14-10-11-19(35)25(36)32-20/h15-24,42H,10-14H2,1-9H3,(H,32,36)(H,33,37). The highest BCUT2D eigenvalue weighted by Gasteiger charge is 2.55. The number of likely N-dealkylation sites (N-methyl/N-ethyl adjacent to an activating group) is 1. The largest absolute Gasteiger partial charge is 0.450 e. The average Bonchev–Trinajstić information content (AvgIpc) is 3.47. The summed E-state index contributed by atoms with van der Waals surface area (Å²) in [5.41, 5.74) is -1.51. The van der Waals surface area contributed by atoms with Gasteiger partial charge in [-0.3, -0.25) is 19.2 Å². The molecule has 3 rings (SSSR count). The molecule has 2 heterocycles. The molecular weight excluding hydrogens is 572 g/mol. The Morgan fingerprint density at radius 3 is 1.82 bits per heavy atom. The van der Waals surface area contributed by atoms with E-state index in [1.54, 1.807) is 55.4 Å². The third-order valence-corrected chi connectivity index (χ3v) is 8.73. The van der Waals surface area contributed by atoms with E-state index in [1.807, 2.05) is 0 Å². The average molecular weight is 623 g/mol. The second-order valence-corrected chi connectivity index (χ2v) is 13.8. The highest BCUT2D eigenvalue weighted by Crippen LogP contribution is 2.40. The van der Waals surface area contributed by atoms with Crippen molar-refractivity contribution in [3.8, 4) is 0 Å². The summed E-state index contributed by atoms with van der Waals surface area (Å²) in [7, 11) is 1.41. The number of nitrogens with zero attached hydrogens (tertiary/aromatic N) is 2. The summed E-state index contributed by atoms with van der Waals surface area (Å²) < 4.78 is 11.5. The molecule has 0 spiro atoms. The smallest absolute Gasteiger partial charge is 0.329 e. The van der Waals surface area contributed by atoms with E-state index in [2.05, 4.69) is 10.6 Å². The van der Waals surface area contributed by atoms with Crippen molar-refractivity contribution in [3.05, 3.63) is 0 Å². The number of nitrogens with one attached hydrogen (secondary N) is 2. The van der Waals surface area contributed by atoms with Gasteiger partial charge in [-0.1, -0.05) is 55.4 Å². The number of aliphatic hydroxyl groups is 1. The number of hydrogen-bond donors (Lipinski definition) is 3. The van der Waals surface area contributed by atoms with E-state index in [1.165, 1.54) is 16.8 Å². The number of carbonyl (C=O) groups excluding carboxylic acids is 6. The van der Waals surface area contributed by atoms with Crippen LogP contribution >= 0.6 is 0 Å². The molecule has 1 aliphatic carbocycles. The molecule has 0 aromatic carbocycles. The van der Waals surface area contributed by atoms with Gasteiger partial charge in [0.1, 0.15) is 24.2 Å². The molecular formula is C31H50N4O9. The maximum absolute atomic E-state index is 13.9. The molecule has 4 amide bonds. The van der Waals surface area contributed by atoms with Gasteiger partial charge in [-0.05, 0) is 49.4 Å². The number of esters is 2. The summed E-state index contributed by atoms with van der Waals surface area (Å²) in [6, 6.07) is -4.58. The molecule has 2 aliphatic heterocycles. The Labute approximate surface area is 259 Å². The van der Waals surface area contributed by atoms with Crippen LogP contribution in [0.2, 0.25) is 0 Å². The van der Waals surface area contributed by atoms with E-state index < -0.39 is 101 Å². The van der Waals surface area contributed by atoms with Crippen molar-refractivity contribution in [2.24, 2.45) is 23.7 Å². The van der Waals surface area contributed by atoms with Crippen LogP contribution in [0.15, 0.2) is 0 Å². The van der Waals surface area contributed by atoms with Gasteiger partial charge in [0.05, 0.1) is 5.60 Å². The fraction of sp³-hybridized carbons (Fsp3) is 0.806. The first-order valence-electron chi connectivity index (χ1n) is 15.7. The van der Waals surface area contributed by atoms with E-state index in [0.717, 1.165) is 0 Å². The Balaban J connectivity index is 2.10. The Morgan fingerprint density at radius 2 is 1.32 bits per heavy atom. The normalized spacial score (nSPS) is 31.0. The lowest BCUT2D eigenvalue weighted by Gasteiger charge is -2.36. The third kappa shape index (κ3) is 7.52. The number of carbonyl (C=O) groups is 6. The van der Waals surface area contributed by atoms with Gasteiger partial charge >= 0.3 is 11.9 Å². The highest BCUT2D eigenvalue weighted by molar-refractivity contribution is 5.97. The van der Waals surface area contributed by atoms with E-state index >= 15 is 0 Å². The van der Waals surface area contributed by atoms with Gasteiger partial charge in [0.25, 0.3) is 11.8 Å². The summed E-state index contributed by atoms with van der Waals surface area (Å²) in [6.07, 6.45) is -1.27. The Hall–Kier alpha value is -3.22. The molecule has 3 aliphatic rings. The number of ether oxygens (including phenoxy) is 2. The van der Waals surface area contributed by atoms with Crippen molar-refractivity contribution >= 4 is 35.6 Å². The second-order valence-electron chi connectivity index (χ2n) is 13.8.